The van der Waals surface area contributed by atoms with Gasteiger partial charge in [0.1, 0.15) is 6.04 Å². The minimum Gasteiger partial charge on any atom is -0.340 e. The first kappa shape index (κ1) is 13.1. The van der Waals surface area contributed by atoms with Crippen molar-refractivity contribution in [3.8, 4) is 6.07 Å². The van der Waals surface area contributed by atoms with Crippen molar-refractivity contribution in [2.24, 2.45) is 0 Å². The number of rotatable bonds is 4. The summed E-state index contributed by atoms with van der Waals surface area (Å²) in [6, 6.07) is 15.7. The lowest BCUT2D eigenvalue weighted by Gasteiger charge is -2.09. The smallest absolute Gasteiger partial charge is 0.225 e. The first-order valence-electron chi connectivity index (χ1n) is 6.39. The van der Waals surface area contributed by atoms with Gasteiger partial charge in [0.05, 0.1) is 12.5 Å². The van der Waals surface area contributed by atoms with Gasteiger partial charge in [-0.1, -0.05) is 49.4 Å². The van der Waals surface area contributed by atoms with Crippen molar-refractivity contribution in [1.82, 2.24) is 5.32 Å². The fourth-order valence-corrected chi connectivity index (χ4v) is 2.01. The molecule has 19 heavy (non-hydrogen) atoms. The molecule has 0 saturated heterocycles. The van der Waals surface area contributed by atoms with Gasteiger partial charge in [-0.25, -0.2) is 0 Å². The van der Waals surface area contributed by atoms with Gasteiger partial charge in [-0.3, -0.25) is 4.79 Å². The summed E-state index contributed by atoms with van der Waals surface area (Å²) >= 11 is 0. The van der Waals surface area contributed by atoms with Gasteiger partial charge in [0, 0.05) is 0 Å². The summed E-state index contributed by atoms with van der Waals surface area (Å²) in [6.45, 7) is 1.88. The van der Waals surface area contributed by atoms with Gasteiger partial charge < -0.3 is 5.32 Å². The molecule has 0 bridgehead atoms. The van der Waals surface area contributed by atoms with Crippen LogP contribution in [0.3, 0.4) is 0 Å². The monoisotopic (exact) mass is 252 g/mol. The maximum Gasteiger partial charge on any atom is 0.225 e. The van der Waals surface area contributed by atoms with Crippen molar-refractivity contribution < 1.29 is 4.79 Å². The average Bonchev–Trinajstić information content (AvgIpc) is 2.44. The fourth-order valence-electron chi connectivity index (χ4n) is 2.01. The van der Waals surface area contributed by atoms with Crippen molar-refractivity contribution in [2.45, 2.75) is 25.8 Å². The van der Waals surface area contributed by atoms with Crippen LogP contribution in [0.5, 0.6) is 0 Å². The Kier molecular flexibility index (Phi) is 4.15. The highest BCUT2D eigenvalue weighted by atomic mass is 16.1. The molecule has 0 heterocycles. The molecule has 1 unspecified atom stereocenters. The Hall–Kier alpha value is -2.34. The van der Waals surface area contributed by atoms with Crippen molar-refractivity contribution in [3.63, 3.8) is 0 Å². The predicted molar refractivity (Wildman–Crippen MR) is 75.5 cm³/mol. The van der Waals surface area contributed by atoms with Crippen LogP contribution in [0.1, 0.15) is 18.9 Å². The molecule has 3 nitrogen and oxygen atoms in total. The normalized spacial score (nSPS) is 11.8. The van der Waals surface area contributed by atoms with E-state index in [1.165, 1.54) is 0 Å². The molecule has 0 fully saturated rings. The van der Waals surface area contributed by atoms with Gasteiger partial charge in [0.25, 0.3) is 0 Å². The van der Waals surface area contributed by atoms with E-state index in [0.717, 1.165) is 16.3 Å². The van der Waals surface area contributed by atoms with E-state index in [0.29, 0.717) is 12.8 Å². The Morgan fingerprint density at radius 3 is 2.68 bits per heavy atom. The quantitative estimate of drug-likeness (QED) is 0.909. The molecule has 1 N–H and O–H groups in total. The van der Waals surface area contributed by atoms with Gasteiger partial charge in [-0.05, 0) is 22.8 Å². The molecule has 0 saturated carbocycles. The minimum absolute atomic E-state index is 0.108. The summed E-state index contributed by atoms with van der Waals surface area (Å²) in [5.74, 6) is -0.108. The maximum absolute atomic E-state index is 11.8. The predicted octanol–water partition coefficient (Wildman–Crippen LogP) is 2.80. The second-order valence-corrected chi connectivity index (χ2v) is 4.52. The van der Waals surface area contributed by atoms with Crippen LogP contribution in [-0.2, 0) is 11.2 Å². The Balaban J connectivity index is 2.09. The molecule has 0 aliphatic rings. The molecule has 0 aliphatic carbocycles. The molecule has 1 amide bonds. The van der Waals surface area contributed by atoms with Crippen LogP contribution in [0, 0.1) is 11.3 Å². The van der Waals surface area contributed by atoms with E-state index >= 15 is 0 Å². The zero-order valence-corrected chi connectivity index (χ0v) is 10.9. The summed E-state index contributed by atoms with van der Waals surface area (Å²) in [5.41, 5.74) is 0.962. The summed E-state index contributed by atoms with van der Waals surface area (Å²) in [4.78, 5) is 11.8. The topological polar surface area (TPSA) is 52.9 Å². The molecular formula is C16H16N2O. The number of nitriles is 1. The minimum atomic E-state index is -0.395. The largest absolute Gasteiger partial charge is 0.340 e. The van der Waals surface area contributed by atoms with E-state index in [2.05, 4.69) is 11.4 Å². The lowest BCUT2D eigenvalue weighted by Crippen LogP contribution is -2.34. The van der Waals surface area contributed by atoms with Crippen LogP contribution in [-0.4, -0.2) is 11.9 Å². The maximum atomic E-state index is 11.8. The highest BCUT2D eigenvalue weighted by molar-refractivity contribution is 5.85. The van der Waals surface area contributed by atoms with Crippen molar-refractivity contribution in [3.05, 3.63) is 48.0 Å². The molecule has 2 aromatic rings. The molecule has 0 aromatic heterocycles. The Morgan fingerprint density at radius 2 is 2.00 bits per heavy atom. The Labute approximate surface area is 112 Å². The molecular weight excluding hydrogens is 236 g/mol. The van der Waals surface area contributed by atoms with Crippen molar-refractivity contribution >= 4 is 16.7 Å². The third-order valence-corrected chi connectivity index (χ3v) is 3.08. The highest BCUT2D eigenvalue weighted by Gasteiger charge is 2.09. The summed E-state index contributed by atoms with van der Waals surface area (Å²) in [5, 5.41) is 13.8. The number of fused-ring (bicyclic) bond motifs is 1. The summed E-state index contributed by atoms with van der Waals surface area (Å²) in [6.07, 6.45) is 0.934. The number of hydrogen-bond acceptors (Lipinski definition) is 2. The number of nitrogens with one attached hydrogen (secondary N) is 1. The SMILES string of the molecule is CCC(C#N)NC(=O)Cc1ccc2ccccc2c1. The van der Waals surface area contributed by atoms with Gasteiger partial charge in [0.2, 0.25) is 5.91 Å². The van der Waals surface area contributed by atoms with E-state index in [9.17, 15) is 4.79 Å². The second kappa shape index (κ2) is 6.01. The molecule has 0 radical (unpaired) electrons. The van der Waals surface area contributed by atoms with E-state index in [1.54, 1.807) is 0 Å². The molecule has 96 valence electrons. The number of nitrogens with zero attached hydrogens (tertiary/aromatic N) is 1. The van der Waals surface area contributed by atoms with Gasteiger partial charge in [0.15, 0.2) is 0 Å². The first-order valence-corrected chi connectivity index (χ1v) is 6.39. The number of carbonyl (C=O) groups excluding carboxylic acids is 1. The molecule has 2 aromatic carbocycles. The standard InChI is InChI=1S/C16H16N2O/c1-2-15(11-17)18-16(19)10-12-7-8-13-5-3-4-6-14(13)9-12/h3-9,15H,2,10H2,1H3,(H,18,19). The molecule has 0 spiro atoms. The van der Waals surface area contributed by atoms with E-state index < -0.39 is 6.04 Å². The van der Waals surface area contributed by atoms with Crippen LogP contribution >= 0.6 is 0 Å². The van der Waals surface area contributed by atoms with Crippen LogP contribution in [0.25, 0.3) is 10.8 Å². The number of benzene rings is 2. The summed E-state index contributed by atoms with van der Waals surface area (Å²) in [7, 11) is 0. The molecule has 2 rings (SSSR count). The van der Waals surface area contributed by atoms with Crippen LogP contribution in [0.15, 0.2) is 42.5 Å². The summed E-state index contributed by atoms with van der Waals surface area (Å²) < 4.78 is 0. The molecule has 0 aliphatic heterocycles. The Morgan fingerprint density at radius 1 is 1.26 bits per heavy atom. The number of amides is 1. The van der Waals surface area contributed by atoms with Crippen molar-refractivity contribution in [2.75, 3.05) is 0 Å². The van der Waals surface area contributed by atoms with Crippen LogP contribution in [0.4, 0.5) is 0 Å². The lowest BCUT2D eigenvalue weighted by atomic mass is 10.0. The second-order valence-electron chi connectivity index (χ2n) is 4.52. The van der Waals surface area contributed by atoms with Crippen LogP contribution < -0.4 is 5.32 Å². The highest BCUT2D eigenvalue weighted by Crippen LogP contribution is 2.15. The Bertz CT molecular complexity index is 628. The zero-order valence-electron chi connectivity index (χ0n) is 10.9. The van der Waals surface area contributed by atoms with Gasteiger partial charge in [-0.2, -0.15) is 5.26 Å². The van der Waals surface area contributed by atoms with Gasteiger partial charge in [-0.15, -0.1) is 0 Å². The van der Waals surface area contributed by atoms with E-state index in [4.69, 9.17) is 5.26 Å². The average molecular weight is 252 g/mol. The van der Waals surface area contributed by atoms with E-state index in [1.807, 2.05) is 49.4 Å². The molecule has 1 atom stereocenters. The van der Waals surface area contributed by atoms with Gasteiger partial charge >= 0.3 is 0 Å². The fraction of sp³-hybridized carbons (Fsp3) is 0.250. The molecule has 3 heteroatoms. The third-order valence-electron chi connectivity index (χ3n) is 3.08. The van der Waals surface area contributed by atoms with Crippen molar-refractivity contribution in [1.29, 1.82) is 5.26 Å². The van der Waals surface area contributed by atoms with E-state index in [-0.39, 0.29) is 5.91 Å². The lowest BCUT2D eigenvalue weighted by molar-refractivity contribution is -0.120. The third kappa shape index (κ3) is 3.32. The number of hydrogen-bond donors (Lipinski definition) is 1. The number of carbonyl (C=O) groups is 1. The van der Waals surface area contributed by atoms with Crippen LogP contribution in [0.2, 0.25) is 0 Å². The first-order chi connectivity index (χ1) is 9.22. The zero-order chi connectivity index (χ0) is 13.7.